The van der Waals surface area contributed by atoms with E-state index in [0.717, 1.165) is 29.4 Å². The molecule has 1 fully saturated rings. The Bertz CT molecular complexity index is 805. The molecule has 0 unspecified atom stereocenters. The van der Waals surface area contributed by atoms with Crippen molar-refractivity contribution < 1.29 is 0 Å². The molecule has 0 aromatic heterocycles. The monoisotopic (exact) mass is 398 g/mol. The molecule has 3 rings (SSSR count). The van der Waals surface area contributed by atoms with E-state index < -0.39 is 0 Å². The summed E-state index contributed by atoms with van der Waals surface area (Å²) in [4.78, 5) is 0. The van der Waals surface area contributed by atoms with Gasteiger partial charge in [-0.25, -0.2) is 0 Å². The van der Waals surface area contributed by atoms with E-state index in [4.69, 9.17) is 0 Å². The summed E-state index contributed by atoms with van der Waals surface area (Å²) in [6.07, 6.45) is 16.8. The number of rotatable bonds is 9. The maximum atomic E-state index is 3.81. The number of allylic oxidation sites excluding steroid dienone is 1. The predicted octanol–water partition coefficient (Wildman–Crippen LogP) is 8.45. The largest absolute Gasteiger partial charge is 0.103 e. The summed E-state index contributed by atoms with van der Waals surface area (Å²) < 4.78 is 0. The van der Waals surface area contributed by atoms with Crippen molar-refractivity contribution in [3.8, 4) is 11.8 Å². The summed E-state index contributed by atoms with van der Waals surface area (Å²) >= 11 is 0. The Morgan fingerprint density at radius 2 is 1.40 bits per heavy atom. The van der Waals surface area contributed by atoms with Crippen molar-refractivity contribution in [2.45, 2.75) is 83.5 Å². The van der Waals surface area contributed by atoms with Crippen molar-refractivity contribution in [3.63, 3.8) is 0 Å². The molecule has 0 amide bonds. The van der Waals surface area contributed by atoms with E-state index >= 15 is 0 Å². The van der Waals surface area contributed by atoms with Gasteiger partial charge in [-0.3, -0.25) is 0 Å². The minimum absolute atomic E-state index is 0.748. The number of benzene rings is 2. The van der Waals surface area contributed by atoms with Crippen LogP contribution in [0.25, 0.3) is 0 Å². The van der Waals surface area contributed by atoms with Gasteiger partial charge in [0.25, 0.3) is 0 Å². The summed E-state index contributed by atoms with van der Waals surface area (Å²) in [6.45, 7) is 5.99. The quantitative estimate of drug-likeness (QED) is 0.226. The standard InChI is InChI=1S/C30H38/c1-3-5-6-7-8-9-10-26-17-21-29(22-18-26)30-23-19-28(20-24-30)16-15-27-13-11-25(4-2)12-14-27/h3,11-14,19-20,23-24,26,29H,1,4-10,17-18,21-22H2,2H3. The zero-order valence-corrected chi connectivity index (χ0v) is 18.8. The molecule has 2 aromatic rings. The van der Waals surface area contributed by atoms with Crippen LogP contribution < -0.4 is 0 Å². The highest BCUT2D eigenvalue weighted by Crippen LogP contribution is 2.37. The molecule has 0 bridgehead atoms. The Labute approximate surface area is 184 Å². The van der Waals surface area contributed by atoms with Crippen molar-refractivity contribution >= 4 is 0 Å². The number of hydrogen-bond acceptors (Lipinski definition) is 0. The minimum Gasteiger partial charge on any atom is -0.103 e. The molecule has 1 saturated carbocycles. The van der Waals surface area contributed by atoms with Gasteiger partial charge in [0, 0.05) is 11.1 Å². The molecular formula is C30H38. The lowest BCUT2D eigenvalue weighted by molar-refractivity contribution is 0.302. The Morgan fingerprint density at radius 1 is 0.800 bits per heavy atom. The number of hydrogen-bond donors (Lipinski definition) is 0. The molecule has 0 aliphatic heterocycles. The fourth-order valence-electron chi connectivity index (χ4n) is 4.67. The SMILES string of the molecule is C=CCCCCCCC1CCC(c2ccc(C#Cc3ccc(CC)cc3)cc2)CC1. The van der Waals surface area contributed by atoms with E-state index in [1.54, 1.807) is 0 Å². The van der Waals surface area contributed by atoms with Crippen molar-refractivity contribution in [1.29, 1.82) is 0 Å². The topological polar surface area (TPSA) is 0 Å². The molecule has 0 saturated heterocycles. The number of aryl methyl sites for hydroxylation is 1. The summed E-state index contributed by atoms with van der Waals surface area (Å²) in [7, 11) is 0. The molecule has 158 valence electrons. The van der Waals surface area contributed by atoms with Crippen molar-refractivity contribution in [3.05, 3.63) is 83.4 Å². The summed E-state index contributed by atoms with van der Waals surface area (Å²) in [5.74, 6) is 8.33. The van der Waals surface area contributed by atoms with Crippen LogP contribution in [-0.2, 0) is 6.42 Å². The fraction of sp³-hybridized carbons (Fsp3) is 0.467. The van der Waals surface area contributed by atoms with E-state index in [2.05, 4.69) is 73.9 Å². The second-order valence-corrected chi connectivity index (χ2v) is 8.92. The maximum absolute atomic E-state index is 3.81. The fourth-order valence-corrected chi connectivity index (χ4v) is 4.67. The van der Waals surface area contributed by atoms with E-state index in [1.807, 2.05) is 6.08 Å². The molecule has 0 heteroatoms. The van der Waals surface area contributed by atoms with Gasteiger partial charge < -0.3 is 0 Å². The third-order valence-corrected chi connectivity index (χ3v) is 6.71. The first-order valence-corrected chi connectivity index (χ1v) is 12.1. The Balaban J connectivity index is 1.42. The van der Waals surface area contributed by atoms with Crippen LogP contribution in [0.2, 0.25) is 0 Å². The summed E-state index contributed by atoms with van der Waals surface area (Å²) in [5.41, 5.74) is 5.08. The predicted molar refractivity (Wildman–Crippen MR) is 131 cm³/mol. The van der Waals surface area contributed by atoms with Gasteiger partial charge >= 0.3 is 0 Å². The Kier molecular flexibility index (Phi) is 9.30. The smallest absolute Gasteiger partial charge is 0.0249 e. The molecule has 1 aliphatic carbocycles. The summed E-state index contributed by atoms with van der Waals surface area (Å²) in [6, 6.07) is 17.6. The Hall–Kier alpha value is -2.26. The van der Waals surface area contributed by atoms with Crippen molar-refractivity contribution in [2.24, 2.45) is 5.92 Å². The molecule has 0 spiro atoms. The molecular weight excluding hydrogens is 360 g/mol. The van der Waals surface area contributed by atoms with E-state index in [0.29, 0.717) is 0 Å². The Morgan fingerprint density at radius 3 is 2.00 bits per heavy atom. The van der Waals surface area contributed by atoms with Gasteiger partial charge in [-0.05, 0) is 92.2 Å². The first kappa shape index (κ1) is 22.4. The van der Waals surface area contributed by atoms with Gasteiger partial charge in [-0.2, -0.15) is 0 Å². The molecule has 0 N–H and O–H groups in total. The van der Waals surface area contributed by atoms with Crippen LogP contribution in [-0.4, -0.2) is 0 Å². The summed E-state index contributed by atoms with van der Waals surface area (Å²) in [5, 5.41) is 0. The molecule has 30 heavy (non-hydrogen) atoms. The van der Waals surface area contributed by atoms with Crippen LogP contribution in [0.15, 0.2) is 61.2 Å². The zero-order chi connectivity index (χ0) is 21.0. The van der Waals surface area contributed by atoms with Crippen molar-refractivity contribution in [2.75, 3.05) is 0 Å². The van der Waals surface area contributed by atoms with Gasteiger partial charge in [0.1, 0.15) is 0 Å². The molecule has 0 nitrogen and oxygen atoms in total. The maximum Gasteiger partial charge on any atom is 0.0249 e. The molecule has 2 aromatic carbocycles. The van der Waals surface area contributed by atoms with Gasteiger partial charge in [0.15, 0.2) is 0 Å². The van der Waals surface area contributed by atoms with E-state index in [-0.39, 0.29) is 0 Å². The van der Waals surface area contributed by atoms with E-state index in [9.17, 15) is 0 Å². The lowest BCUT2D eigenvalue weighted by Crippen LogP contribution is -2.13. The third-order valence-electron chi connectivity index (χ3n) is 6.71. The first-order valence-electron chi connectivity index (χ1n) is 12.1. The third kappa shape index (κ3) is 7.21. The van der Waals surface area contributed by atoms with Crippen LogP contribution in [0.4, 0.5) is 0 Å². The van der Waals surface area contributed by atoms with Crippen molar-refractivity contribution in [1.82, 2.24) is 0 Å². The highest BCUT2D eigenvalue weighted by atomic mass is 14.3. The first-order chi connectivity index (χ1) is 14.8. The van der Waals surface area contributed by atoms with Gasteiger partial charge in [-0.15, -0.1) is 6.58 Å². The molecule has 0 heterocycles. The van der Waals surface area contributed by atoms with Gasteiger partial charge in [0.2, 0.25) is 0 Å². The van der Waals surface area contributed by atoms with Gasteiger partial charge in [-0.1, -0.05) is 74.8 Å². The lowest BCUT2D eigenvalue weighted by atomic mass is 9.77. The minimum atomic E-state index is 0.748. The highest BCUT2D eigenvalue weighted by Gasteiger charge is 2.21. The normalized spacial score (nSPS) is 18.4. The molecule has 0 radical (unpaired) electrons. The zero-order valence-electron chi connectivity index (χ0n) is 18.8. The highest BCUT2D eigenvalue weighted by molar-refractivity contribution is 5.44. The molecule has 0 atom stereocenters. The van der Waals surface area contributed by atoms with Crippen LogP contribution >= 0.6 is 0 Å². The lowest BCUT2D eigenvalue weighted by Gasteiger charge is -2.29. The van der Waals surface area contributed by atoms with Crippen LogP contribution in [0.5, 0.6) is 0 Å². The van der Waals surface area contributed by atoms with Crippen LogP contribution in [0, 0.1) is 17.8 Å². The van der Waals surface area contributed by atoms with Gasteiger partial charge in [0.05, 0.1) is 0 Å². The van der Waals surface area contributed by atoms with E-state index in [1.165, 1.54) is 75.3 Å². The second kappa shape index (κ2) is 12.4. The van der Waals surface area contributed by atoms with Crippen LogP contribution in [0.1, 0.15) is 99.3 Å². The number of unbranched alkanes of at least 4 members (excludes halogenated alkanes) is 4. The average molecular weight is 399 g/mol. The molecule has 1 aliphatic rings. The van der Waals surface area contributed by atoms with Crippen LogP contribution in [0.3, 0.4) is 0 Å². The average Bonchev–Trinajstić information content (AvgIpc) is 2.81. The second-order valence-electron chi connectivity index (χ2n) is 8.92.